The lowest BCUT2D eigenvalue weighted by Gasteiger charge is -2.11. The molecule has 1 unspecified atom stereocenters. The Kier molecular flexibility index (Phi) is 20.4. The van der Waals surface area contributed by atoms with Gasteiger partial charge in [0.2, 0.25) is 0 Å². The third-order valence-electron chi connectivity index (χ3n) is 5.29. The molecule has 0 saturated heterocycles. The maximum absolute atomic E-state index is 11.6. The molecule has 0 aromatic heterocycles. The highest BCUT2D eigenvalue weighted by atomic mass is 16.5. The van der Waals surface area contributed by atoms with Gasteiger partial charge in [-0.1, -0.05) is 90.2 Å². The normalized spacial score (nSPS) is 12.3. The van der Waals surface area contributed by atoms with Crippen LogP contribution in [-0.4, -0.2) is 23.7 Å². The maximum atomic E-state index is 11.6. The zero-order valence-corrected chi connectivity index (χ0v) is 19.1. The Morgan fingerprint density at radius 3 is 1.79 bits per heavy atom. The maximum Gasteiger partial charge on any atom is 0.307 e. The fraction of sp³-hybridized carbons (Fsp3) is 0.840. The van der Waals surface area contributed by atoms with E-state index in [1.807, 2.05) is 6.92 Å². The molecule has 4 nitrogen and oxygen atoms in total. The molecule has 0 aromatic carbocycles. The third kappa shape index (κ3) is 19.8. The summed E-state index contributed by atoms with van der Waals surface area (Å²) in [6.07, 6.45) is 23.3. The number of esters is 1. The third-order valence-corrected chi connectivity index (χ3v) is 5.29. The molecule has 0 rings (SSSR count). The average Bonchev–Trinajstić information content (AvgIpc) is 2.70. The monoisotopic (exact) mass is 410 g/mol. The van der Waals surface area contributed by atoms with Crippen molar-refractivity contribution in [3.8, 4) is 0 Å². The topological polar surface area (TPSA) is 63.6 Å². The highest BCUT2D eigenvalue weighted by molar-refractivity contribution is 5.78. The molecule has 0 amide bonds. The molecular formula is C25H46O4. The molecule has 0 spiro atoms. The summed E-state index contributed by atoms with van der Waals surface area (Å²) in [5.41, 5.74) is 0. The van der Waals surface area contributed by atoms with Crippen LogP contribution in [0.25, 0.3) is 0 Å². The minimum atomic E-state index is -0.881. The standard InChI is InChI=1S/C25H46O4/c1-3-5-6-7-8-9-10-11-12-13-14-15-16-17-18-19-20-23(25(27)28)22-24(26)29-21-4-2/h9-10,23H,3-8,11-22H2,1-2H3,(H,27,28)/b10-9+. The van der Waals surface area contributed by atoms with Crippen molar-refractivity contribution in [2.45, 2.75) is 123 Å². The van der Waals surface area contributed by atoms with Crippen LogP contribution in [0.2, 0.25) is 0 Å². The Balaban J connectivity index is 3.49. The summed E-state index contributed by atoms with van der Waals surface area (Å²) in [6.45, 7) is 4.55. The number of hydrogen-bond acceptors (Lipinski definition) is 3. The molecule has 0 heterocycles. The second kappa shape index (κ2) is 21.4. The Morgan fingerprint density at radius 1 is 0.759 bits per heavy atom. The van der Waals surface area contributed by atoms with Crippen LogP contribution in [-0.2, 0) is 14.3 Å². The first-order valence-corrected chi connectivity index (χ1v) is 12.1. The van der Waals surface area contributed by atoms with Gasteiger partial charge in [-0.3, -0.25) is 9.59 Å². The SMILES string of the molecule is CCCCCC/C=C/CCCCCCCCCCC(CC(=O)OCCC)C(=O)O. The highest BCUT2D eigenvalue weighted by Crippen LogP contribution is 2.17. The van der Waals surface area contributed by atoms with Crippen LogP contribution >= 0.6 is 0 Å². The minimum absolute atomic E-state index is 0.00250. The summed E-state index contributed by atoms with van der Waals surface area (Å²) in [6, 6.07) is 0. The van der Waals surface area contributed by atoms with E-state index in [0.717, 1.165) is 25.7 Å². The molecule has 29 heavy (non-hydrogen) atoms. The molecule has 0 saturated carbocycles. The number of allylic oxidation sites excluding steroid dienone is 2. The number of unbranched alkanes of at least 4 members (excludes halogenated alkanes) is 12. The van der Waals surface area contributed by atoms with Gasteiger partial charge in [-0.2, -0.15) is 0 Å². The Morgan fingerprint density at radius 2 is 1.28 bits per heavy atom. The van der Waals surface area contributed by atoms with Gasteiger partial charge < -0.3 is 9.84 Å². The average molecular weight is 411 g/mol. The van der Waals surface area contributed by atoms with E-state index in [-0.39, 0.29) is 12.4 Å². The number of carbonyl (C=O) groups excluding carboxylic acids is 1. The van der Waals surface area contributed by atoms with Crippen LogP contribution in [0.1, 0.15) is 123 Å². The van der Waals surface area contributed by atoms with Crippen LogP contribution in [0.5, 0.6) is 0 Å². The van der Waals surface area contributed by atoms with Crippen LogP contribution in [0, 0.1) is 5.92 Å². The predicted molar refractivity (Wildman–Crippen MR) is 121 cm³/mol. The van der Waals surface area contributed by atoms with E-state index >= 15 is 0 Å². The summed E-state index contributed by atoms with van der Waals surface area (Å²) >= 11 is 0. The number of rotatable bonds is 21. The Hall–Kier alpha value is -1.32. The van der Waals surface area contributed by atoms with E-state index in [9.17, 15) is 14.7 Å². The van der Waals surface area contributed by atoms with Gasteiger partial charge in [-0.15, -0.1) is 0 Å². The Labute approximate surface area is 179 Å². The van der Waals surface area contributed by atoms with E-state index in [1.165, 1.54) is 70.6 Å². The van der Waals surface area contributed by atoms with Crippen molar-refractivity contribution in [1.82, 2.24) is 0 Å². The molecular weight excluding hydrogens is 364 g/mol. The van der Waals surface area contributed by atoms with Crippen LogP contribution in [0.15, 0.2) is 12.2 Å². The number of ether oxygens (including phenoxy) is 1. The van der Waals surface area contributed by atoms with Crippen molar-refractivity contribution >= 4 is 11.9 Å². The lowest BCUT2D eigenvalue weighted by atomic mass is 9.97. The summed E-state index contributed by atoms with van der Waals surface area (Å²) in [5, 5.41) is 9.26. The predicted octanol–water partition coefficient (Wildman–Crippen LogP) is 7.46. The van der Waals surface area contributed by atoms with E-state index in [1.54, 1.807) is 0 Å². The molecule has 4 heteroatoms. The molecule has 0 aliphatic carbocycles. The number of aliphatic carboxylic acids is 1. The Bertz CT molecular complexity index is 417. The lowest BCUT2D eigenvalue weighted by molar-refractivity contribution is -0.151. The fourth-order valence-electron chi connectivity index (χ4n) is 3.43. The molecule has 0 radical (unpaired) electrons. The summed E-state index contributed by atoms with van der Waals surface area (Å²) in [4.78, 5) is 22.9. The number of carboxylic acids is 1. The van der Waals surface area contributed by atoms with Crippen LogP contribution < -0.4 is 0 Å². The lowest BCUT2D eigenvalue weighted by Crippen LogP contribution is -2.19. The van der Waals surface area contributed by atoms with Gasteiger partial charge in [0, 0.05) is 0 Å². The van der Waals surface area contributed by atoms with Gasteiger partial charge in [0.25, 0.3) is 0 Å². The van der Waals surface area contributed by atoms with Crippen molar-refractivity contribution in [1.29, 1.82) is 0 Å². The van der Waals surface area contributed by atoms with E-state index in [0.29, 0.717) is 13.0 Å². The summed E-state index contributed by atoms with van der Waals surface area (Å²) in [7, 11) is 0. The molecule has 1 N–H and O–H groups in total. The van der Waals surface area contributed by atoms with E-state index < -0.39 is 11.9 Å². The molecule has 0 fully saturated rings. The van der Waals surface area contributed by atoms with Gasteiger partial charge in [-0.05, 0) is 38.5 Å². The number of carboxylic acid groups (broad SMARTS) is 1. The largest absolute Gasteiger partial charge is 0.481 e. The molecule has 0 aliphatic heterocycles. The fourth-order valence-corrected chi connectivity index (χ4v) is 3.43. The smallest absolute Gasteiger partial charge is 0.307 e. The molecule has 1 atom stereocenters. The molecule has 170 valence electrons. The van der Waals surface area contributed by atoms with E-state index in [2.05, 4.69) is 19.1 Å². The zero-order valence-electron chi connectivity index (χ0n) is 19.1. The van der Waals surface area contributed by atoms with Gasteiger partial charge in [0.15, 0.2) is 0 Å². The van der Waals surface area contributed by atoms with Gasteiger partial charge in [-0.25, -0.2) is 0 Å². The van der Waals surface area contributed by atoms with Crippen molar-refractivity contribution in [2.75, 3.05) is 6.61 Å². The van der Waals surface area contributed by atoms with Gasteiger partial charge >= 0.3 is 11.9 Å². The molecule has 0 aromatic rings. The van der Waals surface area contributed by atoms with Crippen molar-refractivity contribution in [3.05, 3.63) is 12.2 Å². The van der Waals surface area contributed by atoms with Crippen molar-refractivity contribution < 1.29 is 19.4 Å². The first-order chi connectivity index (χ1) is 14.1. The summed E-state index contributed by atoms with van der Waals surface area (Å²) in [5.74, 6) is -1.86. The number of hydrogen-bond donors (Lipinski definition) is 1. The number of carbonyl (C=O) groups is 2. The van der Waals surface area contributed by atoms with Gasteiger partial charge in [0.1, 0.15) is 0 Å². The quantitative estimate of drug-likeness (QED) is 0.121. The van der Waals surface area contributed by atoms with E-state index in [4.69, 9.17) is 4.74 Å². The first kappa shape index (κ1) is 27.7. The molecule has 0 aliphatic rings. The first-order valence-electron chi connectivity index (χ1n) is 12.1. The summed E-state index contributed by atoms with van der Waals surface area (Å²) < 4.78 is 5.00. The highest BCUT2D eigenvalue weighted by Gasteiger charge is 2.21. The van der Waals surface area contributed by atoms with Crippen LogP contribution in [0.3, 0.4) is 0 Å². The minimum Gasteiger partial charge on any atom is -0.481 e. The van der Waals surface area contributed by atoms with Crippen LogP contribution in [0.4, 0.5) is 0 Å². The zero-order chi connectivity index (χ0) is 21.6. The second-order valence-corrected chi connectivity index (χ2v) is 8.19. The van der Waals surface area contributed by atoms with Gasteiger partial charge in [0.05, 0.1) is 18.9 Å². The van der Waals surface area contributed by atoms with Crippen molar-refractivity contribution in [2.24, 2.45) is 5.92 Å². The molecule has 0 bridgehead atoms. The van der Waals surface area contributed by atoms with Crippen molar-refractivity contribution in [3.63, 3.8) is 0 Å². The second-order valence-electron chi connectivity index (χ2n) is 8.19.